The maximum absolute atomic E-state index is 12.4. The molecule has 2 N–H and O–H groups in total. The third kappa shape index (κ3) is 4.30. The molecule has 0 aliphatic carbocycles. The Morgan fingerprint density at radius 3 is 2.73 bits per heavy atom. The molecule has 2 amide bonds. The highest BCUT2D eigenvalue weighted by Crippen LogP contribution is 2.29. The first-order valence-electron chi connectivity index (χ1n) is 7.59. The van der Waals surface area contributed by atoms with Crippen molar-refractivity contribution in [1.82, 2.24) is 5.32 Å². The van der Waals surface area contributed by atoms with Gasteiger partial charge in [-0.05, 0) is 25.8 Å². The zero-order valence-corrected chi connectivity index (χ0v) is 14.4. The summed E-state index contributed by atoms with van der Waals surface area (Å²) in [5, 5.41) is 6.38. The number of rotatable bonds is 4. The van der Waals surface area contributed by atoms with Crippen LogP contribution in [0.1, 0.15) is 48.8 Å². The Labute approximate surface area is 135 Å². The van der Waals surface area contributed by atoms with Gasteiger partial charge < -0.3 is 15.4 Å². The van der Waals surface area contributed by atoms with Crippen LogP contribution in [0, 0.1) is 12.3 Å². The summed E-state index contributed by atoms with van der Waals surface area (Å²) in [6, 6.07) is 1.81. The number of amides is 2. The molecule has 0 spiro atoms. The van der Waals surface area contributed by atoms with E-state index in [-0.39, 0.29) is 17.9 Å². The molecular formula is C16H24N2O3S. The van der Waals surface area contributed by atoms with Crippen LogP contribution >= 0.6 is 11.3 Å². The standard InChI is InChI=1S/C16H24N2O3S/c1-10-8-12(13(19)17-9-11-6-5-7-21-11)14(22-10)18-15(20)16(2,3)4/h8,11H,5-7,9H2,1-4H3,(H,17,19)(H,18,20)/t11-/m0/s1. The molecule has 6 heteroatoms. The molecule has 0 unspecified atom stereocenters. The Morgan fingerprint density at radius 1 is 1.41 bits per heavy atom. The van der Waals surface area contributed by atoms with Crippen molar-refractivity contribution < 1.29 is 14.3 Å². The summed E-state index contributed by atoms with van der Waals surface area (Å²) in [5.41, 5.74) is 0.0293. The number of aryl methyl sites for hydroxylation is 1. The third-order valence-electron chi connectivity index (χ3n) is 3.52. The van der Waals surface area contributed by atoms with Gasteiger partial charge in [0.05, 0.1) is 11.7 Å². The van der Waals surface area contributed by atoms with Gasteiger partial charge in [-0.2, -0.15) is 0 Å². The lowest BCUT2D eigenvalue weighted by Crippen LogP contribution is -2.33. The zero-order chi connectivity index (χ0) is 16.3. The Morgan fingerprint density at radius 2 is 2.14 bits per heavy atom. The summed E-state index contributed by atoms with van der Waals surface area (Å²) in [4.78, 5) is 25.5. The summed E-state index contributed by atoms with van der Waals surface area (Å²) >= 11 is 1.42. The molecule has 0 bridgehead atoms. The molecule has 0 saturated carbocycles. The highest BCUT2D eigenvalue weighted by Gasteiger charge is 2.25. The number of anilines is 1. The van der Waals surface area contributed by atoms with Crippen molar-refractivity contribution in [3.8, 4) is 0 Å². The van der Waals surface area contributed by atoms with Gasteiger partial charge >= 0.3 is 0 Å². The summed E-state index contributed by atoms with van der Waals surface area (Å²) in [6.45, 7) is 8.75. The van der Waals surface area contributed by atoms with Gasteiger partial charge in [-0.15, -0.1) is 11.3 Å². The van der Waals surface area contributed by atoms with E-state index in [0.717, 1.165) is 24.3 Å². The molecule has 0 aromatic carbocycles. The molecule has 1 aliphatic heterocycles. The Bertz CT molecular complexity index is 554. The molecule has 0 radical (unpaired) electrons. The van der Waals surface area contributed by atoms with Gasteiger partial charge in [-0.25, -0.2) is 0 Å². The first-order chi connectivity index (χ1) is 10.3. The maximum atomic E-state index is 12.4. The van der Waals surface area contributed by atoms with Crippen molar-refractivity contribution >= 4 is 28.2 Å². The second kappa shape index (κ2) is 6.79. The molecule has 1 saturated heterocycles. The van der Waals surface area contributed by atoms with Crippen molar-refractivity contribution in [3.05, 3.63) is 16.5 Å². The van der Waals surface area contributed by atoms with Crippen LogP contribution in [0.4, 0.5) is 5.00 Å². The van der Waals surface area contributed by atoms with Crippen molar-refractivity contribution in [3.63, 3.8) is 0 Å². The minimum Gasteiger partial charge on any atom is -0.376 e. The first kappa shape index (κ1) is 17.0. The van der Waals surface area contributed by atoms with Crippen LogP contribution in [-0.4, -0.2) is 31.1 Å². The molecule has 5 nitrogen and oxygen atoms in total. The fourth-order valence-corrected chi connectivity index (χ4v) is 3.08. The van der Waals surface area contributed by atoms with Crippen LogP contribution in [0.5, 0.6) is 0 Å². The second-order valence-electron chi connectivity index (χ2n) is 6.65. The van der Waals surface area contributed by atoms with Gasteiger partial charge in [0.2, 0.25) is 5.91 Å². The molecular weight excluding hydrogens is 300 g/mol. The van der Waals surface area contributed by atoms with E-state index >= 15 is 0 Å². The maximum Gasteiger partial charge on any atom is 0.254 e. The number of hydrogen-bond donors (Lipinski definition) is 2. The highest BCUT2D eigenvalue weighted by atomic mass is 32.1. The number of nitrogens with one attached hydrogen (secondary N) is 2. The number of carbonyl (C=O) groups is 2. The summed E-state index contributed by atoms with van der Waals surface area (Å²) in [6.07, 6.45) is 2.14. The summed E-state index contributed by atoms with van der Waals surface area (Å²) < 4.78 is 5.50. The lowest BCUT2D eigenvalue weighted by Gasteiger charge is -2.17. The largest absolute Gasteiger partial charge is 0.376 e. The average Bonchev–Trinajstić information content (AvgIpc) is 3.04. The molecule has 122 valence electrons. The van der Waals surface area contributed by atoms with Gasteiger partial charge in [0.25, 0.3) is 5.91 Å². The molecule has 1 aliphatic rings. The van der Waals surface area contributed by atoms with Gasteiger partial charge in [0.1, 0.15) is 5.00 Å². The summed E-state index contributed by atoms with van der Waals surface area (Å²) in [5.74, 6) is -0.258. The Balaban J connectivity index is 2.03. The fourth-order valence-electron chi connectivity index (χ4n) is 2.17. The topological polar surface area (TPSA) is 67.4 Å². The predicted octanol–water partition coefficient (Wildman–Crippen LogP) is 2.95. The van der Waals surface area contributed by atoms with E-state index in [1.165, 1.54) is 11.3 Å². The molecule has 2 rings (SSSR count). The van der Waals surface area contributed by atoms with Crippen molar-refractivity contribution in [2.75, 3.05) is 18.5 Å². The third-order valence-corrected chi connectivity index (χ3v) is 4.49. The first-order valence-corrected chi connectivity index (χ1v) is 8.40. The van der Waals surface area contributed by atoms with Crippen LogP contribution < -0.4 is 10.6 Å². The second-order valence-corrected chi connectivity index (χ2v) is 7.91. The smallest absolute Gasteiger partial charge is 0.254 e. The molecule has 1 fully saturated rings. The van der Waals surface area contributed by atoms with Crippen LogP contribution in [0.2, 0.25) is 0 Å². The van der Waals surface area contributed by atoms with Crippen molar-refractivity contribution in [2.24, 2.45) is 5.41 Å². The minimum atomic E-state index is -0.497. The van der Waals surface area contributed by atoms with Crippen LogP contribution in [0.25, 0.3) is 0 Å². The van der Waals surface area contributed by atoms with Crippen LogP contribution in [-0.2, 0) is 9.53 Å². The number of thiophene rings is 1. The molecule has 1 aromatic heterocycles. The quantitative estimate of drug-likeness (QED) is 0.895. The molecule has 1 aromatic rings. The van der Waals surface area contributed by atoms with Gasteiger partial charge in [-0.1, -0.05) is 20.8 Å². The highest BCUT2D eigenvalue weighted by molar-refractivity contribution is 7.16. The van der Waals surface area contributed by atoms with E-state index in [9.17, 15) is 9.59 Å². The number of ether oxygens (including phenoxy) is 1. The normalized spacial score (nSPS) is 18.3. The predicted molar refractivity (Wildman–Crippen MR) is 88.4 cm³/mol. The molecule has 1 atom stereocenters. The number of carbonyl (C=O) groups excluding carboxylic acids is 2. The van der Waals surface area contributed by atoms with Crippen molar-refractivity contribution in [2.45, 2.75) is 46.6 Å². The van der Waals surface area contributed by atoms with Crippen LogP contribution in [0.3, 0.4) is 0 Å². The SMILES string of the molecule is Cc1cc(C(=O)NC[C@@H]2CCCO2)c(NC(=O)C(C)(C)C)s1. The van der Waals surface area contributed by atoms with Crippen LogP contribution in [0.15, 0.2) is 6.07 Å². The van der Waals surface area contributed by atoms with Gasteiger partial charge in [0.15, 0.2) is 0 Å². The van der Waals surface area contributed by atoms with Crippen molar-refractivity contribution in [1.29, 1.82) is 0 Å². The van der Waals surface area contributed by atoms with E-state index in [1.54, 1.807) is 0 Å². The zero-order valence-electron chi connectivity index (χ0n) is 13.6. The molecule has 2 heterocycles. The number of hydrogen-bond acceptors (Lipinski definition) is 4. The van der Waals surface area contributed by atoms with E-state index in [4.69, 9.17) is 4.74 Å². The monoisotopic (exact) mass is 324 g/mol. The lowest BCUT2D eigenvalue weighted by molar-refractivity contribution is -0.123. The fraction of sp³-hybridized carbons (Fsp3) is 0.625. The van der Waals surface area contributed by atoms with Gasteiger partial charge in [-0.3, -0.25) is 9.59 Å². The Kier molecular flexibility index (Phi) is 5.24. The van der Waals surface area contributed by atoms with E-state index in [1.807, 2.05) is 33.8 Å². The molecule has 22 heavy (non-hydrogen) atoms. The Hall–Kier alpha value is -1.40. The lowest BCUT2D eigenvalue weighted by atomic mass is 9.96. The van der Waals surface area contributed by atoms with E-state index < -0.39 is 5.41 Å². The summed E-state index contributed by atoms with van der Waals surface area (Å²) in [7, 11) is 0. The van der Waals surface area contributed by atoms with E-state index in [2.05, 4.69) is 10.6 Å². The minimum absolute atomic E-state index is 0.0949. The van der Waals surface area contributed by atoms with Gasteiger partial charge in [0, 0.05) is 23.4 Å². The average molecular weight is 324 g/mol. The van der Waals surface area contributed by atoms with E-state index in [0.29, 0.717) is 17.1 Å².